The van der Waals surface area contributed by atoms with Gasteiger partial charge in [-0.05, 0) is 99.3 Å². The van der Waals surface area contributed by atoms with Crippen molar-refractivity contribution in [3.63, 3.8) is 0 Å². The highest BCUT2D eigenvalue weighted by Gasteiger charge is 2.34. The Kier molecular flexibility index (Phi) is 10.8. The van der Waals surface area contributed by atoms with Crippen LogP contribution in [0.1, 0.15) is 43.9 Å². The molecular formula is C31H38ClN3O5S. The second-order valence-electron chi connectivity index (χ2n) is 10.2. The maximum Gasteiger partial charge on any atom is 0.264 e. The predicted molar refractivity (Wildman–Crippen MR) is 163 cm³/mol. The van der Waals surface area contributed by atoms with Gasteiger partial charge in [-0.15, -0.1) is 0 Å². The first-order valence-corrected chi connectivity index (χ1v) is 15.3. The van der Waals surface area contributed by atoms with Crippen LogP contribution in [0.15, 0.2) is 71.6 Å². The largest absolute Gasteiger partial charge is 0.497 e. The lowest BCUT2D eigenvalue weighted by Gasteiger charge is -2.33. The molecule has 0 fully saturated rings. The molecule has 8 nitrogen and oxygen atoms in total. The molecule has 0 spiro atoms. The summed E-state index contributed by atoms with van der Waals surface area (Å²) in [5.74, 6) is -0.156. The van der Waals surface area contributed by atoms with Crippen LogP contribution < -0.4 is 14.4 Å². The summed E-state index contributed by atoms with van der Waals surface area (Å²) in [6.45, 7) is 8.93. The number of halogens is 1. The second-order valence-corrected chi connectivity index (χ2v) is 12.5. The number of methoxy groups -OCH3 is 1. The minimum absolute atomic E-state index is 0.000718. The van der Waals surface area contributed by atoms with Gasteiger partial charge in [-0.1, -0.05) is 36.7 Å². The van der Waals surface area contributed by atoms with Crippen molar-refractivity contribution >= 4 is 39.1 Å². The predicted octanol–water partition coefficient (Wildman–Crippen LogP) is 5.49. The molecule has 10 heteroatoms. The SMILES string of the molecule is CCC(C(=O)NC(C)C)N(Cc1ccc(OC)cc1)C(=O)CN(c1ccc(C)c(C)c1)S(=O)(=O)c1ccc(Cl)cc1. The molecule has 0 aliphatic rings. The zero-order valence-corrected chi connectivity index (χ0v) is 25.9. The summed E-state index contributed by atoms with van der Waals surface area (Å²) in [7, 11) is -2.61. The molecule has 1 unspecified atom stereocenters. The van der Waals surface area contributed by atoms with Gasteiger partial charge in [0, 0.05) is 17.6 Å². The molecule has 2 amide bonds. The Hall–Kier alpha value is -3.56. The molecule has 1 atom stereocenters. The van der Waals surface area contributed by atoms with E-state index in [1.165, 1.54) is 29.2 Å². The van der Waals surface area contributed by atoms with Crippen LogP contribution in [-0.4, -0.2) is 50.9 Å². The van der Waals surface area contributed by atoms with Gasteiger partial charge in [0.25, 0.3) is 10.0 Å². The van der Waals surface area contributed by atoms with Gasteiger partial charge in [0.1, 0.15) is 18.3 Å². The van der Waals surface area contributed by atoms with E-state index in [0.29, 0.717) is 22.9 Å². The molecule has 0 heterocycles. The van der Waals surface area contributed by atoms with Crippen LogP contribution in [0.2, 0.25) is 5.02 Å². The van der Waals surface area contributed by atoms with E-state index in [1.54, 1.807) is 31.4 Å². The van der Waals surface area contributed by atoms with E-state index in [0.717, 1.165) is 21.0 Å². The first-order valence-electron chi connectivity index (χ1n) is 13.5. The molecule has 3 aromatic carbocycles. The topological polar surface area (TPSA) is 96.0 Å². The Morgan fingerprint density at radius 1 is 0.951 bits per heavy atom. The summed E-state index contributed by atoms with van der Waals surface area (Å²) >= 11 is 6.02. The minimum Gasteiger partial charge on any atom is -0.497 e. The van der Waals surface area contributed by atoms with Crippen molar-refractivity contribution in [2.45, 2.75) is 64.6 Å². The lowest BCUT2D eigenvalue weighted by atomic mass is 10.1. The molecule has 1 N–H and O–H groups in total. The Labute approximate surface area is 248 Å². The lowest BCUT2D eigenvalue weighted by Crippen LogP contribution is -2.53. The lowest BCUT2D eigenvalue weighted by molar-refractivity contribution is -0.140. The van der Waals surface area contributed by atoms with Crippen LogP contribution in [0.5, 0.6) is 5.75 Å². The average Bonchev–Trinajstić information content (AvgIpc) is 2.93. The van der Waals surface area contributed by atoms with E-state index in [2.05, 4.69) is 5.32 Å². The van der Waals surface area contributed by atoms with Gasteiger partial charge >= 0.3 is 0 Å². The number of sulfonamides is 1. The number of anilines is 1. The average molecular weight is 600 g/mol. The number of nitrogens with one attached hydrogen (secondary N) is 1. The first kappa shape index (κ1) is 32.0. The summed E-state index contributed by atoms with van der Waals surface area (Å²) in [6, 6.07) is 17.3. The monoisotopic (exact) mass is 599 g/mol. The van der Waals surface area contributed by atoms with Gasteiger partial charge in [0.15, 0.2) is 0 Å². The second kappa shape index (κ2) is 13.9. The van der Waals surface area contributed by atoms with Crippen molar-refractivity contribution in [2.24, 2.45) is 0 Å². The highest BCUT2D eigenvalue weighted by molar-refractivity contribution is 7.92. The van der Waals surface area contributed by atoms with Crippen LogP contribution in [0, 0.1) is 13.8 Å². The maximum absolute atomic E-state index is 14.1. The molecule has 0 aliphatic heterocycles. The number of aryl methyl sites for hydroxylation is 2. The molecule has 0 radical (unpaired) electrons. The van der Waals surface area contributed by atoms with Crippen molar-refractivity contribution < 1.29 is 22.7 Å². The molecular weight excluding hydrogens is 562 g/mol. The summed E-state index contributed by atoms with van der Waals surface area (Å²) in [4.78, 5) is 28.8. The van der Waals surface area contributed by atoms with E-state index in [-0.39, 0.29) is 23.4 Å². The molecule has 3 aromatic rings. The third kappa shape index (κ3) is 8.01. The number of carbonyl (C=O) groups excluding carboxylic acids is 2. The summed E-state index contributed by atoms with van der Waals surface area (Å²) in [5.41, 5.74) is 2.99. The molecule has 41 heavy (non-hydrogen) atoms. The number of hydrogen-bond donors (Lipinski definition) is 1. The van der Waals surface area contributed by atoms with Crippen molar-refractivity contribution in [1.29, 1.82) is 0 Å². The molecule has 3 rings (SSSR count). The van der Waals surface area contributed by atoms with Gasteiger partial charge in [-0.25, -0.2) is 8.42 Å². The van der Waals surface area contributed by atoms with Gasteiger partial charge in [0.2, 0.25) is 11.8 Å². The molecule has 220 valence electrons. The van der Waals surface area contributed by atoms with Gasteiger partial charge in [0.05, 0.1) is 17.7 Å². The smallest absolute Gasteiger partial charge is 0.264 e. The van der Waals surface area contributed by atoms with Crippen molar-refractivity contribution in [2.75, 3.05) is 18.0 Å². The summed E-state index contributed by atoms with van der Waals surface area (Å²) < 4.78 is 34.3. The normalized spacial score (nSPS) is 12.1. The fourth-order valence-corrected chi connectivity index (χ4v) is 5.90. The van der Waals surface area contributed by atoms with Crippen LogP contribution in [0.4, 0.5) is 5.69 Å². The van der Waals surface area contributed by atoms with Gasteiger partial charge in [-0.3, -0.25) is 13.9 Å². The number of rotatable bonds is 12. The van der Waals surface area contributed by atoms with Crippen LogP contribution in [0.3, 0.4) is 0 Å². The number of carbonyl (C=O) groups is 2. The summed E-state index contributed by atoms with van der Waals surface area (Å²) in [5, 5.41) is 3.29. The fourth-order valence-electron chi connectivity index (χ4n) is 4.37. The number of amides is 2. The molecule has 0 saturated heterocycles. The fraction of sp³-hybridized carbons (Fsp3) is 0.355. The van der Waals surface area contributed by atoms with Crippen molar-refractivity contribution in [3.8, 4) is 5.75 Å². The number of ether oxygens (including phenoxy) is 1. The van der Waals surface area contributed by atoms with Gasteiger partial charge < -0.3 is 15.0 Å². The van der Waals surface area contributed by atoms with Crippen molar-refractivity contribution in [3.05, 3.63) is 88.4 Å². The Morgan fingerprint density at radius 3 is 2.12 bits per heavy atom. The third-order valence-electron chi connectivity index (χ3n) is 6.79. The first-order chi connectivity index (χ1) is 19.4. The van der Waals surface area contributed by atoms with E-state index in [4.69, 9.17) is 16.3 Å². The highest BCUT2D eigenvalue weighted by Crippen LogP contribution is 2.27. The number of nitrogens with zero attached hydrogens (tertiary/aromatic N) is 2. The van der Waals surface area contributed by atoms with E-state index in [1.807, 2.05) is 52.8 Å². The van der Waals surface area contributed by atoms with Crippen LogP contribution >= 0.6 is 11.6 Å². The minimum atomic E-state index is -4.17. The standard InChI is InChI=1S/C31H38ClN3O5S/c1-7-29(31(37)33-21(2)3)34(19-24-9-14-27(40-6)15-10-24)30(36)20-35(26-13-8-22(4)23(5)18-26)41(38,39)28-16-11-25(32)12-17-28/h8-18,21,29H,7,19-20H2,1-6H3,(H,33,37). The van der Waals surface area contributed by atoms with E-state index >= 15 is 0 Å². The number of benzene rings is 3. The number of hydrogen-bond acceptors (Lipinski definition) is 5. The highest BCUT2D eigenvalue weighted by atomic mass is 35.5. The summed E-state index contributed by atoms with van der Waals surface area (Å²) in [6.07, 6.45) is 0.341. The maximum atomic E-state index is 14.1. The zero-order chi connectivity index (χ0) is 30.3. The van der Waals surface area contributed by atoms with Gasteiger partial charge in [-0.2, -0.15) is 0 Å². The Balaban J connectivity index is 2.08. The van der Waals surface area contributed by atoms with Crippen LogP contribution in [-0.2, 0) is 26.2 Å². The quantitative estimate of drug-likeness (QED) is 0.297. The third-order valence-corrected chi connectivity index (χ3v) is 8.83. The van der Waals surface area contributed by atoms with E-state index in [9.17, 15) is 18.0 Å². The molecule has 0 aromatic heterocycles. The Bertz CT molecular complexity index is 1460. The van der Waals surface area contributed by atoms with E-state index < -0.39 is 28.5 Å². The van der Waals surface area contributed by atoms with Crippen molar-refractivity contribution in [1.82, 2.24) is 10.2 Å². The molecule has 0 aliphatic carbocycles. The molecule has 0 bridgehead atoms. The molecule has 0 saturated carbocycles. The Morgan fingerprint density at radius 2 is 1.59 bits per heavy atom. The van der Waals surface area contributed by atoms with Crippen LogP contribution in [0.25, 0.3) is 0 Å². The zero-order valence-electron chi connectivity index (χ0n) is 24.3.